The molecule has 0 atom stereocenters. The number of benzene rings is 2. The van der Waals surface area contributed by atoms with Crippen LogP contribution in [0.15, 0.2) is 36.4 Å². The molecule has 0 aliphatic carbocycles. The van der Waals surface area contributed by atoms with Crippen LogP contribution in [0.3, 0.4) is 0 Å². The van der Waals surface area contributed by atoms with Crippen LogP contribution in [0.1, 0.15) is 110 Å². The quantitative estimate of drug-likeness (QED) is 0.167. The van der Waals surface area contributed by atoms with Crippen LogP contribution in [0.2, 0.25) is 0 Å². The van der Waals surface area contributed by atoms with Gasteiger partial charge in [-0.15, -0.1) is 9.79 Å². The molecule has 0 radical (unpaired) electrons. The van der Waals surface area contributed by atoms with Gasteiger partial charge in [0.25, 0.3) is 0 Å². The maximum atomic E-state index is 10.3. The Morgan fingerprint density at radius 1 is 0.667 bits per heavy atom. The van der Waals surface area contributed by atoms with Crippen molar-refractivity contribution in [1.82, 2.24) is 0 Å². The van der Waals surface area contributed by atoms with Gasteiger partial charge in [0, 0.05) is 4.57 Å². The summed E-state index contributed by atoms with van der Waals surface area (Å²) in [6.45, 7) is 22.6. The summed E-state index contributed by atoms with van der Waals surface area (Å²) in [4.78, 5) is 14.2. The van der Waals surface area contributed by atoms with Crippen LogP contribution in [0.4, 0.5) is 0 Å². The molecule has 39 heavy (non-hydrogen) atoms. The second-order valence-corrected chi connectivity index (χ2v) is 13.2. The molecule has 0 aliphatic heterocycles. The monoisotopic (exact) mass is 567 g/mol. The van der Waals surface area contributed by atoms with Crippen LogP contribution >= 0.6 is 8.25 Å². The van der Waals surface area contributed by atoms with Gasteiger partial charge in [0.15, 0.2) is 0 Å². The van der Waals surface area contributed by atoms with E-state index in [1.807, 2.05) is 37.3 Å². The third-order valence-corrected chi connectivity index (χ3v) is 5.77. The molecule has 0 fully saturated rings. The summed E-state index contributed by atoms with van der Waals surface area (Å²) in [5.41, 5.74) is 14.7. The number of hydrogen-bond donors (Lipinski definition) is 6. The van der Waals surface area contributed by atoms with Gasteiger partial charge in [-0.25, -0.2) is 0 Å². The molecule has 0 spiro atoms. The zero-order valence-corrected chi connectivity index (χ0v) is 26.9. The summed E-state index contributed by atoms with van der Waals surface area (Å²) in [6.07, 6.45) is 4.79. The van der Waals surface area contributed by atoms with E-state index in [0.29, 0.717) is 11.5 Å². The first-order valence-electron chi connectivity index (χ1n) is 13.6. The van der Waals surface area contributed by atoms with Gasteiger partial charge in [-0.1, -0.05) is 105 Å². The Balaban J connectivity index is 0. The highest BCUT2D eigenvalue weighted by Crippen LogP contribution is 2.38. The zero-order valence-electron chi connectivity index (χ0n) is 26.0. The van der Waals surface area contributed by atoms with Crippen LogP contribution in [0.25, 0.3) is 0 Å². The van der Waals surface area contributed by atoms with Crippen molar-refractivity contribution < 1.29 is 24.6 Å². The van der Waals surface area contributed by atoms with Crippen molar-refractivity contribution in [2.24, 2.45) is 11.5 Å². The number of phenols is 2. The predicted molar refractivity (Wildman–Crippen MR) is 166 cm³/mol. The zero-order chi connectivity index (χ0) is 31.0. The Bertz CT molecular complexity index is 932. The molecular weight excluding hydrogens is 511 g/mol. The van der Waals surface area contributed by atoms with Crippen LogP contribution < -0.4 is 11.5 Å². The van der Waals surface area contributed by atoms with Crippen molar-refractivity contribution in [1.29, 1.82) is 0 Å². The molecule has 0 bridgehead atoms. The maximum absolute atomic E-state index is 10.3. The van der Waals surface area contributed by atoms with Crippen LogP contribution in [0, 0.1) is 6.92 Å². The van der Waals surface area contributed by atoms with Gasteiger partial charge in [-0.2, -0.15) is 0 Å². The molecule has 7 nitrogen and oxygen atoms in total. The van der Waals surface area contributed by atoms with Crippen molar-refractivity contribution in [3.63, 3.8) is 0 Å². The van der Waals surface area contributed by atoms with Gasteiger partial charge in [-0.05, 0) is 77.4 Å². The SMILES string of the molecule is CC(C)(C)c1cccc(C(C)(C)C)c1O.Cc1ccc(C(C)(C)C)c(O)c1.NCCCCCCN.O=[P+](O)O. The van der Waals surface area contributed by atoms with Crippen molar-refractivity contribution in [2.45, 2.75) is 111 Å². The van der Waals surface area contributed by atoms with Gasteiger partial charge >= 0.3 is 8.25 Å². The summed E-state index contributed by atoms with van der Waals surface area (Å²) in [6, 6.07) is 11.9. The number of aryl methyl sites for hydroxylation is 1. The standard InChI is InChI=1S/C14H22O.C11H16O.C6H16N2.HO3P/c1-13(2,3)10-8-7-9-11(12(10)15)14(4,5)6;1-8-5-6-9(10(12)7-8)11(2,3)4;7-5-3-1-2-4-6-8;1-4(2)3/h7-9,15H,1-6H3;5-7,12H,1-4H3;1-8H2;(H-,1,2,3)/p+1. The van der Waals surface area contributed by atoms with Crippen molar-refractivity contribution in [2.75, 3.05) is 13.1 Å². The molecule has 8 heteroatoms. The van der Waals surface area contributed by atoms with Gasteiger partial charge in [0.1, 0.15) is 11.5 Å². The lowest BCUT2D eigenvalue weighted by atomic mass is 9.80. The summed E-state index contributed by atoms with van der Waals surface area (Å²) < 4.78 is 8.70. The Kier molecular flexibility index (Phi) is 18.4. The molecule has 0 aromatic heterocycles. The van der Waals surface area contributed by atoms with E-state index >= 15 is 0 Å². The molecule has 0 aliphatic rings. The minimum absolute atomic E-state index is 0.00859. The molecule has 0 heterocycles. The third kappa shape index (κ3) is 18.0. The van der Waals surface area contributed by atoms with E-state index in [9.17, 15) is 10.2 Å². The van der Waals surface area contributed by atoms with Crippen LogP contribution in [-0.4, -0.2) is 33.1 Å². The van der Waals surface area contributed by atoms with E-state index in [1.54, 1.807) is 6.07 Å². The topological polar surface area (TPSA) is 150 Å². The molecular formula is C31H56N2O5P+. The second-order valence-electron chi connectivity index (χ2n) is 12.7. The number of unbranched alkanes of at least 4 members (excludes halogenated alkanes) is 3. The summed E-state index contributed by atoms with van der Waals surface area (Å²) in [7, 11) is -2.87. The van der Waals surface area contributed by atoms with Crippen molar-refractivity contribution >= 4 is 8.25 Å². The average Bonchev–Trinajstić information content (AvgIpc) is 2.75. The summed E-state index contributed by atoms with van der Waals surface area (Å²) in [5, 5.41) is 19.9. The van der Waals surface area contributed by atoms with Crippen molar-refractivity contribution in [3.8, 4) is 11.5 Å². The molecule has 0 saturated carbocycles. The van der Waals surface area contributed by atoms with Crippen LogP contribution in [0.5, 0.6) is 11.5 Å². The first-order valence-corrected chi connectivity index (χ1v) is 14.7. The molecule has 0 saturated heterocycles. The largest absolute Gasteiger partial charge is 0.692 e. The summed E-state index contributed by atoms with van der Waals surface area (Å²) >= 11 is 0. The summed E-state index contributed by atoms with van der Waals surface area (Å²) in [5.74, 6) is 0.861. The first-order chi connectivity index (χ1) is 17.7. The van der Waals surface area contributed by atoms with Gasteiger partial charge in [-0.3, -0.25) is 0 Å². The molecule has 8 N–H and O–H groups in total. The van der Waals surface area contributed by atoms with E-state index in [-0.39, 0.29) is 16.2 Å². The fourth-order valence-electron chi connectivity index (χ4n) is 3.67. The lowest BCUT2D eigenvalue weighted by molar-refractivity contribution is 0.405. The highest BCUT2D eigenvalue weighted by atomic mass is 31.1. The highest BCUT2D eigenvalue weighted by Gasteiger charge is 2.24. The number of rotatable bonds is 5. The molecule has 2 rings (SSSR count). The maximum Gasteiger partial charge on any atom is 0.692 e. The number of phenolic OH excluding ortho intramolecular Hbond substituents is 2. The third-order valence-electron chi connectivity index (χ3n) is 5.77. The molecule has 2 aromatic carbocycles. The molecule has 0 amide bonds. The van der Waals surface area contributed by atoms with E-state index in [1.165, 1.54) is 12.8 Å². The number of aromatic hydroxyl groups is 2. The molecule has 224 valence electrons. The Hall–Kier alpha value is -2.02. The smallest absolute Gasteiger partial charge is 0.508 e. The number of nitrogens with two attached hydrogens (primary N) is 2. The van der Waals surface area contributed by atoms with Gasteiger partial charge in [0.2, 0.25) is 0 Å². The lowest BCUT2D eigenvalue weighted by Crippen LogP contribution is -2.16. The van der Waals surface area contributed by atoms with Crippen LogP contribution in [-0.2, 0) is 20.8 Å². The van der Waals surface area contributed by atoms with E-state index in [2.05, 4.69) is 62.3 Å². The Morgan fingerprint density at radius 2 is 1.03 bits per heavy atom. The predicted octanol–water partition coefficient (Wildman–Crippen LogP) is 7.08. The Morgan fingerprint density at radius 3 is 1.31 bits per heavy atom. The fourth-order valence-corrected chi connectivity index (χ4v) is 3.67. The minimum Gasteiger partial charge on any atom is -0.508 e. The number of para-hydroxylation sites is 1. The Labute approximate surface area is 238 Å². The van der Waals surface area contributed by atoms with E-state index in [0.717, 1.165) is 48.2 Å². The van der Waals surface area contributed by atoms with E-state index < -0.39 is 8.25 Å². The number of hydrogen-bond acceptors (Lipinski definition) is 5. The fraction of sp³-hybridized carbons (Fsp3) is 0.613. The lowest BCUT2D eigenvalue weighted by Gasteiger charge is -2.26. The highest BCUT2D eigenvalue weighted by molar-refractivity contribution is 7.30. The molecule has 0 unspecified atom stereocenters. The van der Waals surface area contributed by atoms with Crippen molar-refractivity contribution in [3.05, 3.63) is 58.7 Å². The first kappa shape index (κ1) is 39.1. The average molecular weight is 568 g/mol. The van der Waals surface area contributed by atoms with Gasteiger partial charge < -0.3 is 21.7 Å². The normalized spacial score (nSPS) is 11.2. The minimum atomic E-state index is -2.87. The molecule has 2 aromatic rings. The van der Waals surface area contributed by atoms with Gasteiger partial charge in [0.05, 0.1) is 0 Å². The second kappa shape index (κ2) is 18.4. The van der Waals surface area contributed by atoms with E-state index in [4.69, 9.17) is 25.8 Å².